The van der Waals surface area contributed by atoms with E-state index in [1.54, 1.807) is 25.1 Å². The van der Waals surface area contributed by atoms with Crippen molar-refractivity contribution in [3.8, 4) is 11.3 Å². The molecular weight excluding hydrogens is 575 g/mol. The van der Waals surface area contributed by atoms with Gasteiger partial charge in [0.25, 0.3) is 11.5 Å². The molecule has 1 amide bonds. The summed E-state index contributed by atoms with van der Waals surface area (Å²) < 4.78 is 16.1. The number of piperazine rings is 1. The number of likely N-dealkylation sites (N-methyl/N-ethyl adjacent to an activating group) is 1. The lowest BCUT2D eigenvalue weighted by molar-refractivity contribution is 0.103. The number of benzene rings is 2. The number of amides is 1. The fourth-order valence-electron chi connectivity index (χ4n) is 5.54. The fraction of sp³-hybridized carbons (Fsp3) is 0.353. The predicted molar refractivity (Wildman–Crippen MR) is 177 cm³/mol. The summed E-state index contributed by atoms with van der Waals surface area (Å²) in [7, 11) is 2.11. The summed E-state index contributed by atoms with van der Waals surface area (Å²) in [5, 5.41) is 10.6. The maximum Gasteiger partial charge on any atom is 0.290 e. The third-order valence-corrected chi connectivity index (χ3v) is 9.80. The first kappa shape index (κ1) is 29.9. The number of rotatable bonds is 8. The number of aromatic amines is 1. The topological polar surface area (TPSA) is 93.7 Å². The molecule has 0 radical (unpaired) electrons. The zero-order chi connectivity index (χ0) is 31.0. The smallest absolute Gasteiger partial charge is 0.290 e. The number of allylic oxidation sites excluding steroid dienone is 1. The van der Waals surface area contributed by atoms with Gasteiger partial charge in [-0.1, -0.05) is 32.0 Å². The molecule has 0 spiro atoms. The zero-order valence-corrected chi connectivity index (χ0v) is 26.3. The Hall–Kier alpha value is -4.15. The minimum atomic E-state index is -0.550. The number of hydrogen-bond donors (Lipinski definition) is 2. The van der Waals surface area contributed by atoms with E-state index in [0.717, 1.165) is 41.9 Å². The summed E-state index contributed by atoms with van der Waals surface area (Å²) in [6, 6.07) is 14.8. The second kappa shape index (κ2) is 12.5. The lowest BCUT2D eigenvalue weighted by atomic mass is 10.0. The van der Waals surface area contributed by atoms with Crippen LogP contribution in [0.3, 0.4) is 0 Å². The molecule has 1 saturated heterocycles. The molecule has 3 heterocycles. The number of nitrogens with one attached hydrogen (secondary N) is 2. The molecule has 2 aromatic heterocycles. The van der Waals surface area contributed by atoms with Crippen molar-refractivity contribution in [1.29, 1.82) is 0 Å². The van der Waals surface area contributed by atoms with Crippen LogP contribution in [0.5, 0.6) is 0 Å². The number of anilines is 1. The van der Waals surface area contributed by atoms with Crippen molar-refractivity contribution in [1.82, 2.24) is 20.0 Å². The van der Waals surface area contributed by atoms with Crippen LogP contribution in [-0.4, -0.2) is 64.3 Å². The van der Waals surface area contributed by atoms with Gasteiger partial charge in [0.1, 0.15) is 11.5 Å². The number of halogens is 1. The number of carbonyl (C=O) groups excluding carboxylic acids is 1. The van der Waals surface area contributed by atoms with Gasteiger partial charge in [-0.3, -0.25) is 14.5 Å². The van der Waals surface area contributed by atoms with E-state index in [1.165, 1.54) is 35.9 Å². The Bertz CT molecular complexity index is 1810. The van der Waals surface area contributed by atoms with Crippen molar-refractivity contribution in [3.05, 3.63) is 86.9 Å². The number of thiophene rings is 1. The number of hydrogen-bond acceptors (Lipinski definition) is 7. The number of carbonyl (C=O) groups is 1. The molecule has 10 heteroatoms. The third kappa shape index (κ3) is 6.23. The van der Waals surface area contributed by atoms with Crippen molar-refractivity contribution in [2.45, 2.75) is 46.1 Å². The maximum absolute atomic E-state index is 15.1. The van der Waals surface area contributed by atoms with Crippen molar-refractivity contribution < 1.29 is 9.18 Å². The molecule has 1 aliphatic carbocycles. The van der Waals surface area contributed by atoms with Crippen LogP contribution in [0.1, 0.15) is 48.3 Å². The molecule has 228 valence electrons. The van der Waals surface area contributed by atoms with E-state index in [9.17, 15) is 9.59 Å². The summed E-state index contributed by atoms with van der Waals surface area (Å²) in [4.78, 5) is 36.3. The van der Waals surface area contributed by atoms with E-state index in [-0.39, 0.29) is 23.2 Å². The summed E-state index contributed by atoms with van der Waals surface area (Å²) >= 11 is 1.36. The van der Waals surface area contributed by atoms with Gasteiger partial charge in [0.05, 0.1) is 16.3 Å². The Morgan fingerprint density at radius 1 is 1.23 bits per heavy atom. The van der Waals surface area contributed by atoms with Gasteiger partial charge in [-0.15, -0.1) is 11.3 Å². The van der Waals surface area contributed by atoms with Gasteiger partial charge in [-0.05, 0) is 79.5 Å². The summed E-state index contributed by atoms with van der Waals surface area (Å²) in [6.45, 7) is 8.85. The van der Waals surface area contributed by atoms with Crippen molar-refractivity contribution >= 4 is 44.4 Å². The van der Waals surface area contributed by atoms with Crippen LogP contribution in [0.4, 0.5) is 15.8 Å². The molecule has 6 rings (SSSR count). The van der Waals surface area contributed by atoms with Crippen molar-refractivity contribution in [2.75, 3.05) is 32.0 Å². The Morgan fingerprint density at radius 2 is 2.02 bits per heavy atom. The number of fused-ring (bicyclic) bond motifs is 1. The highest BCUT2D eigenvalue weighted by Crippen LogP contribution is 2.33. The van der Waals surface area contributed by atoms with E-state index in [0.29, 0.717) is 27.7 Å². The third-order valence-electron chi connectivity index (χ3n) is 8.68. The van der Waals surface area contributed by atoms with Crippen molar-refractivity contribution in [3.63, 3.8) is 0 Å². The monoisotopic (exact) mass is 612 g/mol. The van der Waals surface area contributed by atoms with Gasteiger partial charge < -0.3 is 10.2 Å². The summed E-state index contributed by atoms with van der Waals surface area (Å²) in [6.07, 6.45) is 5.52. The number of nitrogens with zero attached hydrogens (tertiary/aromatic N) is 4. The van der Waals surface area contributed by atoms with E-state index < -0.39 is 11.4 Å². The molecule has 2 N–H and O–H groups in total. The van der Waals surface area contributed by atoms with Crippen LogP contribution in [0.15, 0.2) is 70.1 Å². The summed E-state index contributed by atoms with van der Waals surface area (Å²) in [5.74, 6) is -0.804. The van der Waals surface area contributed by atoms with Gasteiger partial charge >= 0.3 is 0 Å². The van der Waals surface area contributed by atoms with E-state index in [4.69, 9.17) is 4.99 Å². The zero-order valence-electron chi connectivity index (χ0n) is 25.5. The molecule has 44 heavy (non-hydrogen) atoms. The standard InChI is InChI=1S/C34H37FN6O2S/c1-5-20(2)27(17-24-19-41(23-10-11-23)15-14-40(24)4)36-29-18-28(38-39-33(29)42)25-12-13-26(35)32(21(25)3)37-34(43)31-16-22-8-6-7-9-30(22)44-31/h6-9,12-13,16-18,20,23H,5,10-11,14-15,19H2,1-4H3,(H,37,43)(H,39,42)/b24-17+,36-27?. The average Bonchev–Trinajstić information content (AvgIpc) is 3.78. The number of aliphatic imine (C=N–C) groups is 1. The second-order valence-electron chi connectivity index (χ2n) is 11.8. The van der Waals surface area contributed by atoms with Gasteiger partial charge in [-0.2, -0.15) is 5.10 Å². The Kier molecular flexibility index (Phi) is 8.46. The molecule has 1 aliphatic heterocycles. The summed E-state index contributed by atoms with van der Waals surface area (Å²) in [5.41, 5.74) is 3.46. The lowest BCUT2D eigenvalue weighted by Gasteiger charge is -2.36. The second-order valence-corrected chi connectivity index (χ2v) is 12.9. The minimum Gasteiger partial charge on any atom is -0.375 e. The van der Waals surface area contributed by atoms with E-state index in [1.807, 2.05) is 24.3 Å². The maximum atomic E-state index is 15.1. The fourth-order valence-corrected chi connectivity index (χ4v) is 6.49. The highest BCUT2D eigenvalue weighted by molar-refractivity contribution is 7.20. The van der Waals surface area contributed by atoms with Gasteiger partial charge in [0.2, 0.25) is 0 Å². The van der Waals surface area contributed by atoms with Crippen molar-refractivity contribution in [2.24, 2.45) is 10.9 Å². The highest BCUT2D eigenvalue weighted by atomic mass is 32.1. The molecule has 2 aromatic carbocycles. The Labute approximate surface area is 260 Å². The Balaban J connectivity index is 1.32. The molecule has 0 bridgehead atoms. The lowest BCUT2D eigenvalue weighted by Crippen LogP contribution is -2.44. The SMILES string of the molecule is CCC(C)C(/C=C1\CN(C2CC2)CCN1C)=Nc1cc(-c2ccc(F)c(NC(=O)c3cc4ccccc4s3)c2C)n[nH]c1=O. The molecule has 8 nitrogen and oxygen atoms in total. The molecule has 1 saturated carbocycles. The number of H-pyrrole nitrogens is 1. The van der Waals surface area contributed by atoms with Gasteiger partial charge in [-0.25, -0.2) is 14.5 Å². The molecule has 2 fully saturated rings. The van der Waals surface area contributed by atoms with Crippen LogP contribution in [0.25, 0.3) is 21.3 Å². The van der Waals surface area contributed by atoms with Gasteiger partial charge in [0.15, 0.2) is 0 Å². The molecule has 1 unspecified atom stereocenters. The van der Waals surface area contributed by atoms with Crippen LogP contribution in [0, 0.1) is 18.7 Å². The quantitative estimate of drug-likeness (QED) is 0.215. The molecule has 2 aliphatic rings. The average molecular weight is 613 g/mol. The predicted octanol–water partition coefficient (Wildman–Crippen LogP) is 6.76. The Morgan fingerprint density at radius 3 is 2.77 bits per heavy atom. The molecule has 4 aromatic rings. The van der Waals surface area contributed by atoms with Crippen LogP contribution in [0.2, 0.25) is 0 Å². The van der Waals surface area contributed by atoms with Crippen LogP contribution < -0.4 is 10.9 Å². The number of aromatic nitrogens is 2. The minimum absolute atomic E-state index is 0.0774. The van der Waals surface area contributed by atoms with Gasteiger partial charge in [0, 0.05) is 54.4 Å². The molecule has 1 atom stereocenters. The normalized spacial score (nSPS) is 17.8. The highest BCUT2D eigenvalue weighted by Gasteiger charge is 2.32. The first-order chi connectivity index (χ1) is 21.2. The largest absolute Gasteiger partial charge is 0.375 e. The molecular formula is C34H37FN6O2S. The van der Waals surface area contributed by atoms with E-state index >= 15 is 4.39 Å². The van der Waals surface area contributed by atoms with Crippen LogP contribution in [-0.2, 0) is 0 Å². The first-order valence-corrected chi connectivity index (χ1v) is 16.0. The van der Waals surface area contributed by atoms with E-state index in [2.05, 4.69) is 52.3 Å². The first-order valence-electron chi connectivity index (χ1n) is 15.1. The van der Waals surface area contributed by atoms with Crippen LogP contribution >= 0.6 is 11.3 Å².